The summed E-state index contributed by atoms with van der Waals surface area (Å²) in [4.78, 5) is 16.2. The zero-order valence-electron chi connectivity index (χ0n) is 20.9. The molecule has 2 heterocycles. The molecule has 15 heteroatoms. The minimum atomic E-state index is -4.60. The number of halogens is 4. The number of nitrogens with one attached hydrogen (secondary N) is 1. The van der Waals surface area contributed by atoms with Crippen molar-refractivity contribution in [2.24, 2.45) is 7.05 Å². The molecule has 4 rings (SSSR count). The van der Waals surface area contributed by atoms with E-state index in [-0.39, 0.29) is 45.1 Å². The van der Waals surface area contributed by atoms with Crippen LogP contribution in [0.1, 0.15) is 35.7 Å². The van der Waals surface area contributed by atoms with Gasteiger partial charge in [-0.15, -0.1) is 10.2 Å². The molecule has 0 atom stereocenters. The Kier molecular flexibility index (Phi) is 7.21. The number of ether oxygens (including phenoxy) is 1. The summed E-state index contributed by atoms with van der Waals surface area (Å²) < 4.78 is 78.3. The molecular formula is C24H21ClF3N5O5S. The van der Waals surface area contributed by atoms with E-state index in [1.54, 1.807) is 18.6 Å². The highest BCUT2D eigenvalue weighted by Gasteiger charge is 2.36. The molecule has 2 aromatic heterocycles. The summed E-state index contributed by atoms with van der Waals surface area (Å²) in [6, 6.07) is 9.53. The lowest BCUT2D eigenvalue weighted by Gasteiger charge is -2.26. The predicted molar refractivity (Wildman–Crippen MR) is 134 cm³/mol. The molecule has 39 heavy (non-hydrogen) atoms. The maximum absolute atomic E-state index is 13.6. The Morgan fingerprint density at radius 1 is 1.10 bits per heavy atom. The summed E-state index contributed by atoms with van der Waals surface area (Å²) in [6.45, 7) is 3.27. The number of oxazole rings is 1. The summed E-state index contributed by atoms with van der Waals surface area (Å²) >= 11 is 6.16. The van der Waals surface area contributed by atoms with E-state index in [1.165, 1.54) is 48.0 Å². The maximum Gasteiger partial charge on any atom is 0.417 e. The van der Waals surface area contributed by atoms with Crippen LogP contribution in [0.4, 0.5) is 13.2 Å². The van der Waals surface area contributed by atoms with Crippen molar-refractivity contribution in [2.45, 2.75) is 25.6 Å². The Hall–Kier alpha value is -3.91. The number of carbonyl (C=O) groups excluding carboxylic acids is 1. The van der Waals surface area contributed by atoms with Crippen LogP contribution in [0.25, 0.3) is 22.8 Å². The molecule has 0 aliphatic heterocycles. The van der Waals surface area contributed by atoms with Crippen molar-refractivity contribution in [2.75, 3.05) is 6.26 Å². The van der Waals surface area contributed by atoms with Gasteiger partial charge >= 0.3 is 6.18 Å². The van der Waals surface area contributed by atoms with E-state index in [9.17, 15) is 26.4 Å². The minimum Gasteiger partial charge on any atom is -0.479 e. The number of nitrogens with zero attached hydrogens (tertiary/aromatic N) is 4. The highest BCUT2D eigenvalue weighted by molar-refractivity contribution is 7.89. The first-order chi connectivity index (χ1) is 18.1. The quantitative estimate of drug-likeness (QED) is 0.328. The molecular weight excluding hydrogens is 563 g/mol. The Balaban J connectivity index is 1.70. The molecule has 0 saturated carbocycles. The number of rotatable bonds is 7. The Morgan fingerprint density at radius 2 is 1.79 bits per heavy atom. The van der Waals surface area contributed by atoms with Gasteiger partial charge in [-0.05, 0) is 38.1 Å². The molecule has 4 aromatic rings. The zero-order chi connectivity index (χ0) is 28.8. The van der Waals surface area contributed by atoms with E-state index in [2.05, 4.69) is 15.2 Å². The Labute approximate surface area is 225 Å². The lowest BCUT2D eigenvalue weighted by Crippen LogP contribution is -2.29. The van der Waals surface area contributed by atoms with Gasteiger partial charge in [-0.1, -0.05) is 29.8 Å². The number of carbonyl (C=O) groups is 1. The van der Waals surface area contributed by atoms with Gasteiger partial charge in [-0.25, -0.2) is 18.1 Å². The smallest absolute Gasteiger partial charge is 0.417 e. The molecule has 1 amide bonds. The number of sulfonamides is 1. The maximum atomic E-state index is 13.6. The fourth-order valence-electron chi connectivity index (χ4n) is 3.81. The number of hydrogen-bond donors (Lipinski definition) is 1. The standard InChI is InChI=1S/C24H21ClF3N5O5S/c1-23(2,22-31-30-19(33(22)3)14-7-5-6-8-16(14)24(26,27)28)38-18-10-9-13(25)11-15(18)21-29-17(12-37-21)20(34)32-39(4,35)36/h5-12H,1-4H3,(H,32,34). The highest BCUT2D eigenvalue weighted by Crippen LogP contribution is 2.39. The van der Waals surface area contributed by atoms with Crippen LogP contribution in [0.2, 0.25) is 5.02 Å². The minimum absolute atomic E-state index is 0.0137. The third kappa shape index (κ3) is 6.06. The number of amides is 1. The van der Waals surface area contributed by atoms with E-state index in [4.69, 9.17) is 20.8 Å². The average Bonchev–Trinajstić information content (AvgIpc) is 3.46. The normalized spacial score (nSPS) is 12.4. The third-order valence-corrected chi connectivity index (χ3v) is 6.23. The van der Waals surface area contributed by atoms with Crippen molar-refractivity contribution >= 4 is 27.5 Å². The van der Waals surface area contributed by atoms with Gasteiger partial charge in [-0.2, -0.15) is 13.2 Å². The van der Waals surface area contributed by atoms with Gasteiger partial charge < -0.3 is 13.7 Å². The number of alkyl halides is 3. The molecule has 0 aliphatic rings. The number of aromatic nitrogens is 4. The lowest BCUT2D eigenvalue weighted by atomic mass is 10.1. The molecule has 0 spiro atoms. The largest absolute Gasteiger partial charge is 0.479 e. The molecule has 10 nitrogen and oxygen atoms in total. The van der Waals surface area contributed by atoms with Crippen LogP contribution < -0.4 is 9.46 Å². The fourth-order valence-corrected chi connectivity index (χ4v) is 4.43. The first-order valence-corrected chi connectivity index (χ1v) is 13.4. The van der Waals surface area contributed by atoms with E-state index in [0.29, 0.717) is 0 Å². The Bertz CT molecular complexity index is 1660. The number of hydrogen-bond acceptors (Lipinski definition) is 8. The van der Waals surface area contributed by atoms with Crippen LogP contribution in [0, 0.1) is 0 Å². The highest BCUT2D eigenvalue weighted by atomic mass is 35.5. The topological polar surface area (TPSA) is 129 Å². The van der Waals surface area contributed by atoms with E-state index < -0.39 is 33.3 Å². The van der Waals surface area contributed by atoms with E-state index in [1.807, 2.05) is 0 Å². The second-order valence-electron chi connectivity index (χ2n) is 8.94. The van der Waals surface area contributed by atoms with Gasteiger partial charge in [0, 0.05) is 17.6 Å². The molecule has 206 valence electrons. The third-order valence-electron chi connectivity index (χ3n) is 5.44. The van der Waals surface area contributed by atoms with Gasteiger partial charge in [0.1, 0.15) is 12.0 Å². The summed E-state index contributed by atoms with van der Waals surface area (Å²) in [5.74, 6) is -0.722. The first kappa shape index (κ1) is 28.1. The van der Waals surface area contributed by atoms with Crippen molar-refractivity contribution in [3.8, 4) is 28.6 Å². The second-order valence-corrected chi connectivity index (χ2v) is 11.1. The van der Waals surface area contributed by atoms with Gasteiger partial charge in [-0.3, -0.25) is 4.79 Å². The molecule has 0 fully saturated rings. The molecule has 0 unspecified atom stereocenters. The zero-order valence-corrected chi connectivity index (χ0v) is 22.4. The van der Waals surface area contributed by atoms with Crippen molar-refractivity contribution in [1.29, 1.82) is 0 Å². The average molecular weight is 584 g/mol. The fraction of sp³-hybridized carbons (Fsp3) is 0.250. The first-order valence-electron chi connectivity index (χ1n) is 11.1. The van der Waals surface area contributed by atoms with Crippen LogP contribution in [0.15, 0.2) is 53.1 Å². The van der Waals surface area contributed by atoms with Crippen molar-refractivity contribution in [1.82, 2.24) is 24.5 Å². The molecule has 0 saturated heterocycles. The van der Waals surface area contributed by atoms with Crippen molar-refractivity contribution < 1.29 is 35.5 Å². The molecule has 0 radical (unpaired) electrons. The summed E-state index contributed by atoms with van der Waals surface area (Å²) in [7, 11) is -2.31. The van der Waals surface area contributed by atoms with Gasteiger partial charge in [0.15, 0.2) is 22.9 Å². The van der Waals surface area contributed by atoms with Crippen molar-refractivity contribution in [3.63, 3.8) is 0 Å². The summed E-state index contributed by atoms with van der Waals surface area (Å²) in [6.07, 6.45) is -2.81. The van der Waals surface area contributed by atoms with Gasteiger partial charge in [0.25, 0.3) is 5.91 Å². The predicted octanol–water partition coefficient (Wildman–Crippen LogP) is 4.81. The summed E-state index contributed by atoms with van der Waals surface area (Å²) in [5.41, 5.74) is -2.33. The van der Waals surface area contributed by atoms with Gasteiger partial charge in [0.2, 0.25) is 15.9 Å². The molecule has 1 N–H and O–H groups in total. The van der Waals surface area contributed by atoms with Crippen LogP contribution in [-0.4, -0.2) is 40.3 Å². The van der Waals surface area contributed by atoms with E-state index in [0.717, 1.165) is 18.6 Å². The van der Waals surface area contributed by atoms with Crippen LogP contribution >= 0.6 is 11.6 Å². The van der Waals surface area contributed by atoms with Crippen LogP contribution in [-0.2, 0) is 28.8 Å². The van der Waals surface area contributed by atoms with E-state index >= 15 is 0 Å². The summed E-state index contributed by atoms with van der Waals surface area (Å²) in [5, 5.41) is 8.39. The Morgan fingerprint density at radius 3 is 2.46 bits per heavy atom. The van der Waals surface area contributed by atoms with Crippen molar-refractivity contribution in [3.05, 3.63) is 70.8 Å². The molecule has 0 aliphatic carbocycles. The molecule has 0 bridgehead atoms. The SMILES string of the molecule is Cn1c(-c2ccccc2C(F)(F)F)nnc1C(C)(C)Oc1ccc(Cl)cc1-c1nc(C(=O)NS(C)(=O)=O)co1. The molecule has 2 aromatic carbocycles. The van der Waals surface area contributed by atoms with Gasteiger partial charge in [0.05, 0.1) is 17.4 Å². The van der Waals surface area contributed by atoms with Crippen LogP contribution in [0.5, 0.6) is 5.75 Å². The second kappa shape index (κ2) is 10.0. The number of benzene rings is 2. The van der Waals surface area contributed by atoms with Crippen LogP contribution in [0.3, 0.4) is 0 Å². The monoisotopic (exact) mass is 583 g/mol. The lowest BCUT2D eigenvalue weighted by molar-refractivity contribution is -0.137.